The third-order valence-electron chi connectivity index (χ3n) is 4.99. The van der Waals surface area contributed by atoms with E-state index in [1.165, 1.54) is 25.4 Å². The highest BCUT2D eigenvalue weighted by Gasteiger charge is 2.32. The molecule has 0 N–H and O–H groups in total. The Morgan fingerprint density at radius 3 is 2.44 bits per heavy atom. The van der Waals surface area contributed by atoms with Crippen LogP contribution in [0.15, 0.2) is 54.9 Å². The SMILES string of the molecule is COc1cc(OCc2ccc(C(F)(F)F)nc2)ccc1-c1c(Cl)nc(-c2ccc(F)nc2)n1C. The lowest BCUT2D eigenvalue weighted by atomic mass is 10.1. The molecule has 0 aliphatic carbocycles. The monoisotopic (exact) mass is 492 g/mol. The lowest BCUT2D eigenvalue weighted by Crippen LogP contribution is -2.08. The molecule has 0 fully saturated rings. The van der Waals surface area contributed by atoms with Crippen LogP contribution in [0.25, 0.3) is 22.6 Å². The Morgan fingerprint density at radius 2 is 1.82 bits per heavy atom. The summed E-state index contributed by atoms with van der Waals surface area (Å²) in [5.41, 5.74) is 1.29. The molecule has 0 aliphatic heterocycles. The summed E-state index contributed by atoms with van der Waals surface area (Å²) < 4.78 is 64.1. The van der Waals surface area contributed by atoms with Gasteiger partial charge in [0, 0.05) is 42.2 Å². The molecule has 0 atom stereocenters. The third-order valence-corrected chi connectivity index (χ3v) is 5.25. The van der Waals surface area contributed by atoms with Crippen molar-refractivity contribution in [2.75, 3.05) is 7.11 Å². The van der Waals surface area contributed by atoms with Crippen LogP contribution >= 0.6 is 11.6 Å². The summed E-state index contributed by atoms with van der Waals surface area (Å²) in [7, 11) is 3.24. The maximum absolute atomic E-state index is 13.2. The predicted octanol–water partition coefficient (Wildman–Crippen LogP) is 5.94. The Bertz CT molecular complexity index is 1310. The summed E-state index contributed by atoms with van der Waals surface area (Å²) >= 11 is 6.42. The van der Waals surface area contributed by atoms with E-state index in [2.05, 4.69) is 15.0 Å². The second-order valence-electron chi connectivity index (χ2n) is 7.20. The topological polar surface area (TPSA) is 62.1 Å². The van der Waals surface area contributed by atoms with Gasteiger partial charge in [-0.05, 0) is 30.3 Å². The fourth-order valence-corrected chi connectivity index (χ4v) is 3.63. The molecule has 0 amide bonds. The zero-order chi connectivity index (χ0) is 24.5. The van der Waals surface area contributed by atoms with Gasteiger partial charge in [0.05, 0.1) is 12.8 Å². The van der Waals surface area contributed by atoms with Crippen LogP contribution in [0.2, 0.25) is 5.15 Å². The Hall–Kier alpha value is -3.66. The highest BCUT2D eigenvalue weighted by molar-refractivity contribution is 6.32. The average molecular weight is 493 g/mol. The summed E-state index contributed by atoms with van der Waals surface area (Å²) in [6.45, 7) is 0.0157. The highest BCUT2D eigenvalue weighted by Crippen LogP contribution is 2.39. The van der Waals surface area contributed by atoms with Crippen LogP contribution < -0.4 is 9.47 Å². The second kappa shape index (κ2) is 9.30. The second-order valence-corrected chi connectivity index (χ2v) is 7.56. The first-order valence-corrected chi connectivity index (χ1v) is 10.2. The van der Waals surface area contributed by atoms with Gasteiger partial charge < -0.3 is 14.0 Å². The fraction of sp³-hybridized carbons (Fsp3) is 0.174. The van der Waals surface area contributed by atoms with E-state index in [0.717, 1.165) is 12.3 Å². The molecule has 0 unspecified atom stereocenters. The molecule has 11 heteroatoms. The van der Waals surface area contributed by atoms with Crippen LogP contribution in [0.1, 0.15) is 11.3 Å². The number of alkyl halides is 3. The van der Waals surface area contributed by atoms with E-state index < -0.39 is 17.8 Å². The molecule has 0 radical (unpaired) electrons. The smallest absolute Gasteiger partial charge is 0.433 e. The molecule has 0 saturated heterocycles. The van der Waals surface area contributed by atoms with Gasteiger partial charge in [0.2, 0.25) is 5.95 Å². The van der Waals surface area contributed by atoms with Crippen molar-refractivity contribution in [3.05, 3.63) is 77.2 Å². The molecule has 4 aromatic rings. The number of methoxy groups -OCH3 is 1. The van der Waals surface area contributed by atoms with E-state index >= 15 is 0 Å². The minimum Gasteiger partial charge on any atom is -0.496 e. The van der Waals surface area contributed by atoms with Crippen LogP contribution in [0.4, 0.5) is 17.6 Å². The quantitative estimate of drug-likeness (QED) is 0.246. The molecule has 176 valence electrons. The summed E-state index contributed by atoms with van der Waals surface area (Å²) in [5, 5.41) is 0.213. The lowest BCUT2D eigenvalue weighted by Gasteiger charge is -2.13. The minimum absolute atomic E-state index is 0.0157. The van der Waals surface area contributed by atoms with Gasteiger partial charge in [0.25, 0.3) is 0 Å². The summed E-state index contributed by atoms with van der Waals surface area (Å²) in [6, 6.07) is 10.0. The highest BCUT2D eigenvalue weighted by atomic mass is 35.5. The van der Waals surface area contributed by atoms with Crippen molar-refractivity contribution in [3.8, 4) is 34.1 Å². The van der Waals surface area contributed by atoms with Gasteiger partial charge in [-0.25, -0.2) is 9.97 Å². The number of ether oxygens (including phenoxy) is 2. The van der Waals surface area contributed by atoms with E-state index in [9.17, 15) is 17.6 Å². The number of hydrogen-bond donors (Lipinski definition) is 0. The van der Waals surface area contributed by atoms with Gasteiger partial charge in [-0.15, -0.1) is 0 Å². The van der Waals surface area contributed by atoms with Crippen LogP contribution in [-0.4, -0.2) is 26.6 Å². The third kappa shape index (κ3) is 4.81. The number of benzene rings is 1. The zero-order valence-corrected chi connectivity index (χ0v) is 18.7. The van der Waals surface area contributed by atoms with Gasteiger partial charge in [-0.3, -0.25) is 4.98 Å². The molecule has 0 aliphatic rings. The van der Waals surface area contributed by atoms with Crippen molar-refractivity contribution < 1.29 is 27.0 Å². The molecule has 4 rings (SSSR count). The Kier molecular flexibility index (Phi) is 6.43. The van der Waals surface area contributed by atoms with E-state index in [1.807, 2.05) is 0 Å². The molecule has 3 heterocycles. The molecule has 34 heavy (non-hydrogen) atoms. The number of imidazole rings is 1. The number of nitrogens with zero attached hydrogens (tertiary/aromatic N) is 4. The van der Waals surface area contributed by atoms with Gasteiger partial charge in [-0.1, -0.05) is 17.7 Å². The number of halogens is 5. The number of hydrogen-bond acceptors (Lipinski definition) is 5. The zero-order valence-electron chi connectivity index (χ0n) is 17.9. The van der Waals surface area contributed by atoms with E-state index in [4.69, 9.17) is 21.1 Å². The first kappa shape index (κ1) is 23.5. The molecule has 0 spiro atoms. The summed E-state index contributed by atoms with van der Waals surface area (Å²) in [6.07, 6.45) is -2.01. The number of aromatic nitrogens is 4. The summed E-state index contributed by atoms with van der Waals surface area (Å²) in [5.74, 6) is 0.761. The molecule has 0 bridgehead atoms. The molecular weight excluding hydrogens is 476 g/mol. The molecule has 6 nitrogen and oxygen atoms in total. The van der Waals surface area contributed by atoms with Crippen molar-refractivity contribution in [1.82, 2.24) is 19.5 Å². The van der Waals surface area contributed by atoms with Crippen LogP contribution in [0.3, 0.4) is 0 Å². The van der Waals surface area contributed by atoms with Crippen LogP contribution in [0.5, 0.6) is 11.5 Å². The largest absolute Gasteiger partial charge is 0.496 e. The first-order valence-electron chi connectivity index (χ1n) is 9.85. The minimum atomic E-state index is -4.50. The first-order chi connectivity index (χ1) is 16.2. The standard InChI is InChI=1S/C23H17ClF4N4O2/c1-32-20(21(24)31-22(32)14-4-8-19(25)30-11-14)16-6-5-15(9-17(16)33-2)34-12-13-3-7-18(29-10-13)23(26,27)28/h3-11H,12H2,1-2H3. The number of rotatable bonds is 6. The maximum Gasteiger partial charge on any atom is 0.433 e. The van der Waals surface area contributed by atoms with Crippen LogP contribution in [-0.2, 0) is 19.8 Å². The Morgan fingerprint density at radius 1 is 1.03 bits per heavy atom. The molecule has 0 saturated carbocycles. The summed E-state index contributed by atoms with van der Waals surface area (Å²) in [4.78, 5) is 11.5. The fourth-order valence-electron chi connectivity index (χ4n) is 3.32. The van der Waals surface area contributed by atoms with E-state index in [1.54, 1.807) is 35.9 Å². The van der Waals surface area contributed by atoms with Gasteiger partial charge in [0.15, 0.2) is 5.15 Å². The lowest BCUT2D eigenvalue weighted by molar-refractivity contribution is -0.141. The Labute approximate surface area is 196 Å². The van der Waals surface area contributed by atoms with E-state index in [0.29, 0.717) is 39.7 Å². The molecule has 3 aromatic heterocycles. The maximum atomic E-state index is 13.2. The van der Waals surface area contributed by atoms with Crippen molar-refractivity contribution in [2.24, 2.45) is 7.05 Å². The van der Waals surface area contributed by atoms with Crippen LogP contribution in [0, 0.1) is 5.95 Å². The average Bonchev–Trinajstić information content (AvgIpc) is 3.11. The van der Waals surface area contributed by atoms with Gasteiger partial charge >= 0.3 is 6.18 Å². The van der Waals surface area contributed by atoms with Gasteiger partial charge in [-0.2, -0.15) is 17.6 Å². The van der Waals surface area contributed by atoms with E-state index in [-0.39, 0.29) is 11.8 Å². The van der Waals surface area contributed by atoms with Crippen molar-refractivity contribution in [2.45, 2.75) is 12.8 Å². The molecule has 1 aromatic carbocycles. The molecular formula is C23H17ClF4N4O2. The Balaban J connectivity index is 1.58. The van der Waals surface area contributed by atoms with Crippen molar-refractivity contribution >= 4 is 11.6 Å². The predicted molar refractivity (Wildman–Crippen MR) is 117 cm³/mol. The normalized spacial score (nSPS) is 11.5. The van der Waals surface area contributed by atoms with Crippen molar-refractivity contribution in [1.29, 1.82) is 0 Å². The van der Waals surface area contributed by atoms with Crippen molar-refractivity contribution in [3.63, 3.8) is 0 Å². The number of pyridine rings is 2. The van der Waals surface area contributed by atoms with Gasteiger partial charge in [0.1, 0.15) is 29.6 Å².